The summed E-state index contributed by atoms with van der Waals surface area (Å²) in [5.41, 5.74) is 2.88. The number of hydrogen-bond donors (Lipinski definition) is 1. The Morgan fingerprint density at radius 2 is 2.06 bits per heavy atom. The molecule has 5 rings (SSSR count). The van der Waals surface area contributed by atoms with Crippen LogP contribution in [0.25, 0.3) is 22.5 Å². The molecule has 33 heavy (non-hydrogen) atoms. The Hall–Kier alpha value is -3.17. The molecule has 1 aliphatic heterocycles. The average Bonchev–Trinajstić information content (AvgIpc) is 3.52. The van der Waals surface area contributed by atoms with E-state index in [0.717, 1.165) is 5.56 Å². The van der Waals surface area contributed by atoms with Gasteiger partial charge in [-0.1, -0.05) is 23.7 Å². The lowest BCUT2D eigenvalue weighted by atomic mass is 10.1. The van der Waals surface area contributed by atoms with Crippen LogP contribution in [-0.2, 0) is 16.4 Å². The van der Waals surface area contributed by atoms with E-state index in [4.69, 9.17) is 21.0 Å². The maximum atomic E-state index is 13.3. The van der Waals surface area contributed by atoms with E-state index >= 15 is 0 Å². The van der Waals surface area contributed by atoms with Gasteiger partial charge < -0.3 is 9.73 Å². The van der Waals surface area contributed by atoms with Crippen molar-refractivity contribution in [2.24, 2.45) is 0 Å². The maximum absolute atomic E-state index is 13.3. The van der Waals surface area contributed by atoms with Crippen LogP contribution in [-0.4, -0.2) is 40.6 Å². The molecule has 1 aliphatic rings. The molecular formula is C23H21ClN4O4S. The molecule has 0 radical (unpaired) electrons. The molecule has 4 heterocycles. The van der Waals surface area contributed by atoms with Gasteiger partial charge in [0.2, 0.25) is 0 Å². The Kier molecular flexibility index (Phi) is 5.46. The van der Waals surface area contributed by atoms with Crippen molar-refractivity contribution in [3.63, 3.8) is 0 Å². The second kappa shape index (κ2) is 8.31. The number of sulfone groups is 1. The number of hydrogen-bond acceptors (Lipinski definition) is 6. The number of pyridine rings is 1. The second-order valence-corrected chi connectivity index (χ2v) is 10.8. The highest BCUT2D eigenvalue weighted by molar-refractivity contribution is 7.91. The topological polar surface area (TPSA) is 107 Å². The van der Waals surface area contributed by atoms with Crippen molar-refractivity contribution in [2.75, 3.05) is 11.5 Å². The highest BCUT2D eigenvalue weighted by Crippen LogP contribution is 2.32. The van der Waals surface area contributed by atoms with Gasteiger partial charge in [0, 0.05) is 11.6 Å². The second-order valence-electron chi connectivity index (χ2n) is 8.13. The number of halogens is 1. The van der Waals surface area contributed by atoms with E-state index in [1.165, 1.54) is 6.26 Å². The number of carbonyl (C=O) groups is 1. The van der Waals surface area contributed by atoms with Gasteiger partial charge in [-0.3, -0.25) is 4.79 Å². The first-order valence-corrected chi connectivity index (χ1v) is 12.7. The molecule has 1 amide bonds. The molecule has 10 heteroatoms. The van der Waals surface area contributed by atoms with Crippen LogP contribution in [0.1, 0.15) is 34.1 Å². The number of furan rings is 1. The number of amides is 1. The van der Waals surface area contributed by atoms with Crippen LogP contribution < -0.4 is 5.32 Å². The number of nitrogens with one attached hydrogen (secondary N) is 1. The summed E-state index contributed by atoms with van der Waals surface area (Å²) in [6, 6.07) is 12.1. The van der Waals surface area contributed by atoms with Gasteiger partial charge in [0.1, 0.15) is 5.69 Å². The lowest BCUT2D eigenvalue weighted by Crippen LogP contribution is -2.23. The molecule has 0 bridgehead atoms. The third-order valence-electron chi connectivity index (χ3n) is 5.78. The van der Waals surface area contributed by atoms with Crippen LogP contribution in [0.3, 0.4) is 0 Å². The highest BCUT2D eigenvalue weighted by Gasteiger charge is 2.32. The first kappa shape index (κ1) is 21.7. The van der Waals surface area contributed by atoms with Gasteiger partial charge in [-0.05, 0) is 49.2 Å². The Labute approximate surface area is 195 Å². The van der Waals surface area contributed by atoms with Crippen LogP contribution >= 0.6 is 11.6 Å². The van der Waals surface area contributed by atoms with E-state index in [-0.39, 0.29) is 23.5 Å². The standard InChI is InChI=1S/C23H21ClN4O4S/c1-14-21-18(23(29)25-12-15-4-6-16(24)7-5-15)11-19(20-3-2-9-32-20)26-22(21)28(27-14)17-8-10-33(30,31)13-17/h2-7,9,11,17H,8,10,12-13H2,1H3,(H,25,29)/t17-/m0/s1. The number of carbonyl (C=O) groups excluding carboxylic acids is 1. The average molecular weight is 485 g/mol. The monoisotopic (exact) mass is 484 g/mol. The van der Waals surface area contributed by atoms with Gasteiger partial charge in [0.15, 0.2) is 21.2 Å². The summed E-state index contributed by atoms with van der Waals surface area (Å²) in [6.45, 7) is 2.12. The highest BCUT2D eigenvalue weighted by atomic mass is 35.5. The fourth-order valence-corrected chi connectivity index (χ4v) is 5.96. The lowest BCUT2D eigenvalue weighted by molar-refractivity contribution is 0.0952. The fourth-order valence-electron chi connectivity index (χ4n) is 4.15. The predicted octanol–water partition coefficient (Wildman–Crippen LogP) is 3.94. The predicted molar refractivity (Wildman–Crippen MR) is 125 cm³/mol. The molecule has 0 aliphatic carbocycles. The SMILES string of the molecule is Cc1nn([C@H]2CCS(=O)(=O)C2)c2nc(-c3ccco3)cc(C(=O)NCc3ccc(Cl)cc3)c12. The van der Waals surface area contributed by atoms with Crippen molar-refractivity contribution in [3.8, 4) is 11.5 Å². The first-order chi connectivity index (χ1) is 15.8. The summed E-state index contributed by atoms with van der Waals surface area (Å²) in [5.74, 6) is 0.346. The molecule has 170 valence electrons. The molecule has 0 unspecified atom stereocenters. The first-order valence-electron chi connectivity index (χ1n) is 10.5. The van der Waals surface area contributed by atoms with E-state index in [1.54, 1.807) is 41.9 Å². The van der Waals surface area contributed by atoms with E-state index in [1.807, 2.05) is 12.1 Å². The van der Waals surface area contributed by atoms with Crippen molar-refractivity contribution in [1.82, 2.24) is 20.1 Å². The zero-order valence-corrected chi connectivity index (χ0v) is 19.4. The van der Waals surface area contributed by atoms with Crippen molar-refractivity contribution < 1.29 is 17.6 Å². The third-order valence-corrected chi connectivity index (χ3v) is 7.78. The van der Waals surface area contributed by atoms with Crippen molar-refractivity contribution in [1.29, 1.82) is 0 Å². The summed E-state index contributed by atoms with van der Waals surface area (Å²) >= 11 is 5.94. The van der Waals surface area contributed by atoms with Crippen molar-refractivity contribution in [3.05, 3.63) is 70.6 Å². The Bertz CT molecular complexity index is 1440. The van der Waals surface area contributed by atoms with E-state index in [2.05, 4.69) is 10.4 Å². The Morgan fingerprint density at radius 3 is 2.73 bits per heavy atom. The molecule has 4 aromatic rings. The molecule has 1 N–H and O–H groups in total. The summed E-state index contributed by atoms with van der Waals surface area (Å²) in [5, 5.41) is 8.77. The quantitative estimate of drug-likeness (QED) is 0.459. The maximum Gasteiger partial charge on any atom is 0.252 e. The van der Waals surface area contributed by atoms with E-state index in [0.29, 0.717) is 51.7 Å². The number of rotatable bonds is 5. The fraction of sp³-hybridized carbons (Fsp3) is 0.261. The van der Waals surface area contributed by atoms with Gasteiger partial charge in [-0.15, -0.1) is 0 Å². The van der Waals surface area contributed by atoms with Gasteiger partial charge >= 0.3 is 0 Å². The molecular weight excluding hydrogens is 464 g/mol. The van der Waals surface area contributed by atoms with Crippen molar-refractivity contribution >= 4 is 38.4 Å². The molecule has 3 aromatic heterocycles. The molecule has 1 fully saturated rings. The van der Waals surface area contributed by atoms with Gasteiger partial charge in [0.25, 0.3) is 5.91 Å². The summed E-state index contributed by atoms with van der Waals surface area (Å²) < 4.78 is 31.3. The van der Waals surface area contributed by atoms with Gasteiger partial charge in [-0.25, -0.2) is 18.1 Å². The zero-order valence-electron chi connectivity index (χ0n) is 17.8. The minimum Gasteiger partial charge on any atom is -0.463 e. The minimum atomic E-state index is -3.12. The normalized spacial score (nSPS) is 17.5. The smallest absolute Gasteiger partial charge is 0.252 e. The Morgan fingerprint density at radius 1 is 1.27 bits per heavy atom. The van der Waals surface area contributed by atoms with Crippen LogP contribution in [0.4, 0.5) is 0 Å². The molecule has 1 saturated heterocycles. The lowest BCUT2D eigenvalue weighted by Gasteiger charge is -2.12. The van der Waals surface area contributed by atoms with Gasteiger partial charge in [0.05, 0.1) is 40.5 Å². The summed E-state index contributed by atoms with van der Waals surface area (Å²) in [4.78, 5) is 18.0. The summed E-state index contributed by atoms with van der Waals surface area (Å²) in [7, 11) is -3.12. The minimum absolute atomic E-state index is 0.00791. The number of aromatic nitrogens is 3. The van der Waals surface area contributed by atoms with Gasteiger partial charge in [-0.2, -0.15) is 5.10 Å². The zero-order chi connectivity index (χ0) is 23.2. The molecule has 1 atom stereocenters. The number of aryl methyl sites for hydroxylation is 1. The third kappa shape index (κ3) is 4.26. The molecule has 0 spiro atoms. The summed E-state index contributed by atoms with van der Waals surface area (Å²) in [6.07, 6.45) is 2.00. The number of nitrogens with zero attached hydrogens (tertiary/aromatic N) is 3. The van der Waals surface area contributed by atoms with Crippen LogP contribution in [0, 0.1) is 6.92 Å². The van der Waals surface area contributed by atoms with Crippen LogP contribution in [0.5, 0.6) is 0 Å². The molecule has 0 saturated carbocycles. The number of benzene rings is 1. The van der Waals surface area contributed by atoms with Crippen LogP contribution in [0.2, 0.25) is 5.02 Å². The van der Waals surface area contributed by atoms with Crippen LogP contribution in [0.15, 0.2) is 53.1 Å². The van der Waals surface area contributed by atoms with E-state index in [9.17, 15) is 13.2 Å². The Balaban J connectivity index is 1.58. The molecule has 1 aromatic carbocycles. The van der Waals surface area contributed by atoms with Crippen molar-refractivity contribution in [2.45, 2.75) is 25.9 Å². The largest absolute Gasteiger partial charge is 0.463 e. The number of fused-ring (bicyclic) bond motifs is 1. The van der Waals surface area contributed by atoms with E-state index < -0.39 is 9.84 Å². The molecule has 8 nitrogen and oxygen atoms in total.